The van der Waals surface area contributed by atoms with Crippen LogP contribution in [0.1, 0.15) is 19.3 Å². The monoisotopic (exact) mass is 398 g/mol. The molecule has 0 amide bonds. The van der Waals surface area contributed by atoms with E-state index in [1.165, 1.54) is 58.5 Å². The van der Waals surface area contributed by atoms with Crippen molar-refractivity contribution >= 4 is 0 Å². The quantitative estimate of drug-likeness (QED) is 0.442. The predicted molar refractivity (Wildman–Crippen MR) is 112 cm³/mol. The fourth-order valence-electron chi connectivity index (χ4n) is 4.28. The van der Waals surface area contributed by atoms with Crippen molar-refractivity contribution in [2.75, 3.05) is 118 Å². The van der Waals surface area contributed by atoms with Gasteiger partial charge >= 0.3 is 0 Å². The Morgan fingerprint density at radius 1 is 0.464 bits per heavy atom. The highest BCUT2D eigenvalue weighted by Crippen LogP contribution is 2.05. The van der Waals surface area contributed by atoms with Crippen molar-refractivity contribution in [2.24, 2.45) is 0 Å². The van der Waals surface area contributed by atoms with Gasteiger partial charge in [0.2, 0.25) is 0 Å². The van der Waals surface area contributed by atoms with Crippen LogP contribution < -0.4 is 0 Å². The molecule has 0 unspecified atom stereocenters. The van der Waals surface area contributed by atoms with Gasteiger partial charge in [0.1, 0.15) is 0 Å². The maximum atomic E-state index is 5.49. The summed E-state index contributed by atoms with van der Waals surface area (Å²) in [7, 11) is 0. The lowest BCUT2D eigenvalue weighted by atomic mass is 10.2. The fourth-order valence-corrected chi connectivity index (χ4v) is 4.28. The summed E-state index contributed by atoms with van der Waals surface area (Å²) in [6.45, 7) is 19.3. The number of unbranched alkanes of at least 4 members (excludes halogenated alkanes) is 1. The second-order valence-electron chi connectivity index (χ2n) is 8.26. The van der Waals surface area contributed by atoms with Gasteiger partial charge in [0, 0.05) is 52.4 Å². The van der Waals surface area contributed by atoms with E-state index in [1.807, 2.05) is 0 Å². The molecule has 164 valence electrons. The van der Waals surface area contributed by atoms with E-state index in [4.69, 9.17) is 14.2 Å². The van der Waals surface area contributed by atoms with E-state index in [1.54, 1.807) is 0 Å². The minimum absolute atomic E-state index is 0.899. The van der Waals surface area contributed by atoms with Crippen LogP contribution in [0.4, 0.5) is 0 Å². The molecule has 7 nitrogen and oxygen atoms in total. The fraction of sp³-hybridized carbons (Fsp3) is 1.00. The molecule has 3 fully saturated rings. The minimum atomic E-state index is 0.899. The molecular formula is C21H42N4O3. The van der Waals surface area contributed by atoms with Gasteiger partial charge in [-0.2, -0.15) is 0 Å². The molecule has 0 bridgehead atoms. The second-order valence-corrected chi connectivity index (χ2v) is 8.26. The maximum Gasteiger partial charge on any atom is 0.0594 e. The number of ether oxygens (including phenoxy) is 3. The van der Waals surface area contributed by atoms with Crippen molar-refractivity contribution in [2.45, 2.75) is 19.3 Å². The average molecular weight is 399 g/mol. The van der Waals surface area contributed by atoms with Gasteiger partial charge in [-0.25, -0.2) is 0 Å². The summed E-state index contributed by atoms with van der Waals surface area (Å²) in [6, 6.07) is 0. The highest BCUT2D eigenvalue weighted by atomic mass is 16.5. The smallest absolute Gasteiger partial charge is 0.0594 e. The Morgan fingerprint density at radius 3 is 1.43 bits per heavy atom. The molecule has 28 heavy (non-hydrogen) atoms. The molecule has 0 radical (unpaired) electrons. The molecular weight excluding hydrogens is 356 g/mol. The first kappa shape index (κ1) is 22.4. The first-order valence-electron chi connectivity index (χ1n) is 11.5. The Kier molecular flexibility index (Phi) is 11.1. The molecule has 0 aromatic rings. The van der Waals surface area contributed by atoms with E-state index in [9.17, 15) is 0 Å². The molecule has 3 aliphatic rings. The Balaban J connectivity index is 1.32. The van der Waals surface area contributed by atoms with Crippen LogP contribution >= 0.6 is 0 Å². The third-order valence-corrected chi connectivity index (χ3v) is 6.19. The molecule has 0 aromatic carbocycles. The Morgan fingerprint density at radius 2 is 0.893 bits per heavy atom. The van der Waals surface area contributed by atoms with Crippen molar-refractivity contribution in [3.8, 4) is 0 Å². The Hall–Kier alpha value is -0.280. The summed E-state index contributed by atoms with van der Waals surface area (Å²) >= 11 is 0. The van der Waals surface area contributed by atoms with Crippen molar-refractivity contribution in [3.63, 3.8) is 0 Å². The van der Waals surface area contributed by atoms with E-state index in [0.29, 0.717) is 0 Å². The minimum Gasteiger partial charge on any atom is -0.379 e. The van der Waals surface area contributed by atoms with Crippen LogP contribution in [0, 0.1) is 0 Å². The Labute approximate surface area is 171 Å². The molecule has 0 aromatic heterocycles. The van der Waals surface area contributed by atoms with Crippen LogP contribution in [0.15, 0.2) is 0 Å². The number of rotatable bonds is 12. The van der Waals surface area contributed by atoms with Gasteiger partial charge in [-0.1, -0.05) is 0 Å². The summed E-state index contributed by atoms with van der Waals surface area (Å²) < 4.78 is 16.4. The number of morpholine rings is 3. The maximum absolute atomic E-state index is 5.49. The predicted octanol–water partition coefficient (Wildman–Crippen LogP) is 0.455. The van der Waals surface area contributed by atoms with Crippen LogP contribution in [0.3, 0.4) is 0 Å². The standard InChI is InChI=1S/C21H42N4O3/c1(2-5-23-10-16-26-17-11-23)4-22(8-9-25-14-20-28-21-15-25)6-3-7-24-12-18-27-19-13-24/h1-21H2. The summed E-state index contributed by atoms with van der Waals surface area (Å²) in [4.78, 5) is 10.4. The van der Waals surface area contributed by atoms with Crippen LogP contribution in [-0.4, -0.2) is 138 Å². The zero-order chi connectivity index (χ0) is 19.3. The van der Waals surface area contributed by atoms with Crippen molar-refractivity contribution in [3.05, 3.63) is 0 Å². The molecule has 0 N–H and O–H groups in total. The summed E-state index contributed by atoms with van der Waals surface area (Å²) in [6.07, 6.45) is 3.88. The Bertz CT molecular complexity index is 384. The van der Waals surface area contributed by atoms with Crippen LogP contribution in [-0.2, 0) is 14.2 Å². The molecule has 0 spiro atoms. The topological polar surface area (TPSA) is 40.7 Å². The summed E-state index contributed by atoms with van der Waals surface area (Å²) in [5.74, 6) is 0. The molecule has 0 aliphatic carbocycles. The lowest BCUT2D eigenvalue weighted by molar-refractivity contribution is 0.0296. The lowest BCUT2D eigenvalue weighted by Gasteiger charge is -2.31. The van der Waals surface area contributed by atoms with Crippen LogP contribution in [0.2, 0.25) is 0 Å². The first-order chi connectivity index (χ1) is 13.9. The third-order valence-electron chi connectivity index (χ3n) is 6.19. The highest BCUT2D eigenvalue weighted by molar-refractivity contribution is 4.69. The van der Waals surface area contributed by atoms with Gasteiger partial charge < -0.3 is 19.1 Å². The van der Waals surface area contributed by atoms with Gasteiger partial charge in [-0.3, -0.25) is 14.7 Å². The van der Waals surface area contributed by atoms with Crippen LogP contribution in [0.25, 0.3) is 0 Å². The van der Waals surface area contributed by atoms with Gasteiger partial charge in [0.25, 0.3) is 0 Å². The number of hydrogen-bond acceptors (Lipinski definition) is 7. The average Bonchev–Trinajstić information content (AvgIpc) is 2.76. The van der Waals surface area contributed by atoms with E-state index in [-0.39, 0.29) is 0 Å². The van der Waals surface area contributed by atoms with Gasteiger partial charge in [0.05, 0.1) is 39.6 Å². The van der Waals surface area contributed by atoms with E-state index in [2.05, 4.69) is 19.6 Å². The van der Waals surface area contributed by atoms with Crippen LogP contribution in [0.5, 0.6) is 0 Å². The van der Waals surface area contributed by atoms with E-state index < -0.39 is 0 Å². The molecule has 3 saturated heterocycles. The van der Waals surface area contributed by atoms with Crippen molar-refractivity contribution < 1.29 is 14.2 Å². The van der Waals surface area contributed by atoms with Gasteiger partial charge in [0.15, 0.2) is 0 Å². The number of hydrogen-bond donors (Lipinski definition) is 0. The molecule has 7 heteroatoms. The molecule has 0 saturated carbocycles. The number of nitrogens with zero attached hydrogens (tertiary/aromatic N) is 4. The van der Waals surface area contributed by atoms with E-state index in [0.717, 1.165) is 78.9 Å². The zero-order valence-electron chi connectivity index (χ0n) is 17.9. The summed E-state index contributed by atoms with van der Waals surface area (Å²) in [5, 5.41) is 0. The lowest BCUT2D eigenvalue weighted by Crippen LogP contribution is -2.43. The molecule has 3 aliphatic heterocycles. The normalized spacial score (nSPS) is 23.5. The van der Waals surface area contributed by atoms with Crippen molar-refractivity contribution in [1.82, 2.24) is 19.6 Å². The van der Waals surface area contributed by atoms with E-state index >= 15 is 0 Å². The third kappa shape index (κ3) is 9.03. The largest absolute Gasteiger partial charge is 0.379 e. The summed E-state index contributed by atoms with van der Waals surface area (Å²) in [5.41, 5.74) is 0. The second kappa shape index (κ2) is 13.9. The van der Waals surface area contributed by atoms with Gasteiger partial charge in [-0.05, 0) is 45.4 Å². The highest BCUT2D eigenvalue weighted by Gasteiger charge is 2.15. The van der Waals surface area contributed by atoms with Gasteiger partial charge in [-0.15, -0.1) is 0 Å². The zero-order valence-corrected chi connectivity index (χ0v) is 17.9. The first-order valence-corrected chi connectivity index (χ1v) is 11.5. The molecule has 3 rings (SSSR count). The molecule has 0 atom stereocenters. The molecule has 3 heterocycles. The SMILES string of the molecule is C(CCN(CCCN1CCOCC1)CCN1CCOCC1)CN1CCOCC1. The van der Waals surface area contributed by atoms with Crippen molar-refractivity contribution in [1.29, 1.82) is 0 Å².